The molecule has 3 nitrogen and oxygen atoms in total. The first kappa shape index (κ1) is 8.97. The van der Waals surface area contributed by atoms with E-state index in [1.807, 2.05) is 0 Å². The average Bonchev–Trinajstić information content (AvgIpc) is 2.37. The van der Waals surface area contributed by atoms with Crippen molar-refractivity contribution in [1.82, 2.24) is 5.32 Å². The quantitative estimate of drug-likeness (QED) is 0.602. The van der Waals surface area contributed by atoms with E-state index in [0.29, 0.717) is 12.1 Å². The summed E-state index contributed by atoms with van der Waals surface area (Å²) in [5.74, 6) is 0. The Bertz CT molecular complexity index is 108. The molecule has 0 saturated carbocycles. The molecule has 1 N–H and O–H groups in total. The number of hydrogen-bond donors (Lipinski definition) is 1. The van der Waals surface area contributed by atoms with Crippen LogP contribution in [0.4, 0.5) is 0 Å². The normalized spacial score (nSPS) is 31.1. The first-order valence-electron chi connectivity index (χ1n) is 4.18. The van der Waals surface area contributed by atoms with Crippen molar-refractivity contribution >= 4 is 0 Å². The van der Waals surface area contributed by atoms with Gasteiger partial charge in [-0.05, 0) is 13.3 Å². The fraction of sp³-hybridized carbons (Fsp3) is 1.00. The van der Waals surface area contributed by atoms with Crippen molar-refractivity contribution in [3.8, 4) is 0 Å². The molecule has 0 radical (unpaired) electrons. The van der Waals surface area contributed by atoms with Crippen molar-refractivity contribution in [1.29, 1.82) is 0 Å². The highest BCUT2D eigenvalue weighted by atomic mass is 16.5. The molecule has 1 rings (SSSR count). The first-order chi connectivity index (χ1) is 5.34. The van der Waals surface area contributed by atoms with Gasteiger partial charge >= 0.3 is 0 Å². The Balaban J connectivity index is 2.05. The van der Waals surface area contributed by atoms with Crippen LogP contribution in [0.3, 0.4) is 0 Å². The van der Waals surface area contributed by atoms with E-state index < -0.39 is 0 Å². The number of ether oxygens (including phenoxy) is 2. The van der Waals surface area contributed by atoms with Crippen LogP contribution in [0.25, 0.3) is 0 Å². The highest BCUT2D eigenvalue weighted by Crippen LogP contribution is 2.11. The zero-order valence-corrected chi connectivity index (χ0v) is 7.30. The van der Waals surface area contributed by atoms with Crippen molar-refractivity contribution < 1.29 is 9.47 Å². The summed E-state index contributed by atoms with van der Waals surface area (Å²) >= 11 is 0. The van der Waals surface area contributed by atoms with Crippen molar-refractivity contribution in [3.05, 3.63) is 0 Å². The highest BCUT2D eigenvalue weighted by Gasteiger charge is 2.22. The molecule has 0 amide bonds. The Labute approximate surface area is 68.1 Å². The molecule has 3 heteroatoms. The first-order valence-corrected chi connectivity index (χ1v) is 4.18. The Morgan fingerprint density at radius 1 is 1.64 bits per heavy atom. The second-order valence-corrected chi connectivity index (χ2v) is 2.92. The molecule has 1 aliphatic heterocycles. The smallest absolute Gasteiger partial charge is 0.0700 e. The van der Waals surface area contributed by atoms with E-state index in [1.165, 1.54) is 0 Å². The van der Waals surface area contributed by atoms with Crippen LogP contribution in [0, 0.1) is 0 Å². The molecule has 11 heavy (non-hydrogen) atoms. The van der Waals surface area contributed by atoms with E-state index in [9.17, 15) is 0 Å². The van der Waals surface area contributed by atoms with E-state index in [0.717, 1.165) is 26.2 Å². The molecule has 2 unspecified atom stereocenters. The van der Waals surface area contributed by atoms with Gasteiger partial charge in [-0.1, -0.05) is 0 Å². The van der Waals surface area contributed by atoms with E-state index in [4.69, 9.17) is 9.47 Å². The predicted molar refractivity (Wildman–Crippen MR) is 43.7 cm³/mol. The minimum Gasteiger partial charge on any atom is -0.383 e. The Kier molecular flexibility index (Phi) is 3.83. The van der Waals surface area contributed by atoms with Gasteiger partial charge in [-0.3, -0.25) is 0 Å². The maximum absolute atomic E-state index is 5.39. The SMILES string of the molecule is COCCNC1CCOC1C. The lowest BCUT2D eigenvalue weighted by atomic mass is 10.1. The Morgan fingerprint density at radius 3 is 3.00 bits per heavy atom. The molecule has 0 aliphatic carbocycles. The third-order valence-corrected chi connectivity index (χ3v) is 2.09. The van der Waals surface area contributed by atoms with Crippen LogP contribution >= 0.6 is 0 Å². The van der Waals surface area contributed by atoms with Gasteiger partial charge in [-0.15, -0.1) is 0 Å². The second-order valence-electron chi connectivity index (χ2n) is 2.92. The zero-order valence-electron chi connectivity index (χ0n) is 7.30. The summed E-state index contributed by atoms with van der Waals surface area (Å²) in [6.45, 7) is 4.71. The summed E-state index contributed by atoms with van der Waals surface area (Å²) in [5.41, 5.74) is 0. The lowest BCUT2D eigenvalue weighted by Crippen LogP contribution is -2.36. The van der Waals surface area contributed by atoms with Gasteiger partial charge in [0.25, 0.3) is 0 Å². The van der Waals surface area contributed by atoms with Gasteiger partial charge in [-0.25, -0.2) is 0 Å². The van der Waals surface area contributed by atoms with Gasteiger partial charge in [0.05, 0.1) is 12.7 Å². The van der Waals surface area contributed by atoms with Crippen LogP contribution in [0.5, 0.6) is 0 Å². The Morgan fingerprint density at radius 2 is 2.45 bits per heavy atom. The van der Waals surface area contributed by atoms with Gasteiger partial charge in [0.15, 0.2) is 0 Å². The summed E-state index contributed by atoms with van der Waals surface area (Å²) in [5, 5.41) is 3.38. The molecule has 0 aromatic rings. The standard InChI is InChI=1S/C8H17NO2/c1-7-8(3-5-11-7)9-4-6-10-2/h7-9H,3-6H2,1-2H3. The van der Waals surface area contributed by atoms with Crippen molar-refractivity contribution in [2.24, 2.45) is 0 Å². The molecular weight excluding hydrogens is 142 g/mol. The molecule has 0 spiro atoms. The van der Waals surface area contributed by atoms with Crippen LogP contribution < -0.4 is 5.32 Å². The molecule has 66 valence electrons. The number of methoxy groups -OCH3 is 1. The lowest BCUT2D eigenvalue weighted by molar-refractivity contribution is 0.110. The van der Waals surface area contributed by atoms with Crippen molar-refractivity contribution in [3.63, 3.8) is 0 Å². The van der Waals surface area contributed by atoms with Crippen molar-refractivity contribution in [2.75, 3.05) is 26.9 Å². The molecule has 0 aromatic heterocycles. The number of nitrogens with one attached hydrogen (secondary N) is 1. The molecule has 1 fully saturated rings. The van der Waals surface area contributed by atoms with Crippen LogP contribution in [0.15, 0.2) is 0 Å². The van der Waals surface area contributed by atoms with E-state index >= 15 is 0 Å². The molecule has 0 bridgehead atoms. The van der Waals surface area contributed by atoms with E-state index in [-0.39, 0.29) is 0 Å². The van der Waals surface area contributed by atoms with E-state index in [1.54, 1.807) is 7.11 Å². The van der Waals surface area contributed by atoms with Gasteiger partial charge in [0.2, 0.25) is 0 Å². The summed E-state index contributed by atoms with van der Waals surface area (Å²) < 4.78 is 10.3. The van der Waals surface area contributed by atoms with Crippen LogP contribution in [-0.2, 0) is 9.47 Å². The molecule has 1 saturated heterocycles. The fourth-order valence-corrected chi connectivity index (χ4v) is 1.35. The maximum atomic E-state index is 5.39. The summed E-state index contributed by atoms with van der Waals surface area (Å²) in [6.07, 6.45) is 1.50. The monoisotopic (exact) mass is 159 g/mol. The van der Waals surface area contributed by atoms with Crippen LogP contribution in [0.1, 0.15) is 13.3 Å². The van der Waals surface area contributed by atoms with Gasteiger partial charge in [0, 0.05) is 26.3 Å². The van der Waals surface area contributed by atoms with Gasteiger partial charge in [0.1, 0.15) is 0 Å². The Hall–Kier alpha value is -0.120. The highest BCUT2D eigenvalue weighted by molar-refractivity contribution is 4.78. The molecule has 1 aliphatic rings. The molecular formula is C8H17NO2. The van der Waals surface area contributed by atoms with Crippen LogP contribution in [-0.4, -0.2) is 39.0 Å². The van der Waals surface area contributed by atoms with Gasteiger partial charge in [-0.2, -0.15) is 0 Å². The largest absolute Gasteiger partial charge is 0.383 e. The molecule has 1 heterocycles. The zero-order chi connectivity index (χ0) is 8.10. The third-order valence-electron chi connectivity index (χ3n) is 2.09. The second kappa shape index (κ2) is 4.70. The maximum Gasteiger partial charge on any atom is 0.0700 e. The third kappa shape index (κ3) is 2.77. The average molecular weight is 159 g/mol. The minimum atomic E-state index is 0.367. The molecule has 2 atom stereocenters. The van der Waals surface area contributed by atoms with Crippen LogP contribution in [0.2, 0.25) is 0 Å². The number of hydrogen-bond acceptors (Lipinski definition) is 3. The van der Waals surface area contributed by atoms with Crippen molar-refractivity contribution in [2.45, 2.75) is 25.5 Å². The number of rotatable bonds is 4. The van der Waals surface area contributed by atoms with Gasteiger partial charge < -0.3 is 14.8 Å². The molecule has 0 aromatic carbocycles. The topological polar surface area (TPSA) is 30.5 Å². The summed E-state index contributed by atoms with van der Waals surface area (Å²) in [6, 6.07) is 0.533. The summed E-state index contributed by atoms with van der Waals surface area (Å²) in [4.78, 5) is 0. The lowest BCUT2D eigenvalue weighted by Gasteiger charge is -2.15. The van der Waals surface area contributed by atoms with E-state index in [2.05, 4.69) is 12.2 Å². The summed E-state index contributed by atoms with van der Waals surface area (Å²) in [7, 11) is 1.72. The minimum absolute atomic E-state index is 0.367. The fourth-order valence-electron chi connectivity index (χ4n) is 1.35. The predicted octanol–water partition coefficient (Wildman–Crippen LogP) is 0.400.